The molecule has 0 bridgehead atoms. The van der Waals surface area contributed by atoms with E-state index in [-0.39, 0.29) is 0 Å². The van der Waals surface area contributed by atoms with Gasteiger partial charge in [-0.05, 0) is 72.0 Å². The molecule has 0 radical (unpaired) electrons. The molecule has 1 saturated heterocycles. The Kier molecular flexibility index (Phi) is 6.74. The van der Waals surface area contributed by atoms with Gasteiger partial charge in [-0.1, -0.05) is 11.6 Å². The van der Waals surface area contributed by atoms with Crippen molar-refractivity contribution in [3.63, 3.8) is 0 Å². The van der Waals surface area contributed by atoms with Gasteiger partial charge in [-0.25, -0.2) is 0 Å². The standard InChI is InChI=1S/C14H28N2/c1-12(2)5-4-6-13(3)16-11-14-7-9-15-10-8-14/h5,13-16H,4,6-11H2,1-3H3. The Bertz CT molecular complexity index is 201. The molecule has 1 rings (SSSR count). The van der Waals surface area contributed by atoms with E-state index in [0.717, 1.165) is 5.92 Å². The van der Waals surface area contributed by atoms with E-state index in [2.05, 4.69) is 37.5 Å². The molecular formula is C14H28N2. The summed E-state index contributed by atoms with van der Waals surface area (Å²) >= 11 is 0. The summed E-state index contributed by atoms with van der Waals surface area (Å²) in [6.07, 6.45) is 7.49. The van der Waals surface area contributed by atoms with E-state index in [4.69, 9.17) is 0 Å². The Hall–Kier alpha value is -0.340. The molecule has 2 N–H and O–H groups in total. The summed E-state index contributed by atoms with van der Waals surface area (Å²) in [4.78, 5) is 0. The summed E-state index contributed by atoms with van der Waals surface area (Å²) in [6.45, 7) is 10.3. The summed E-state index contributed by atoms with van der Waals surface area (Å²) in [5.74, 6) is 0.896. The zero-order chi connectivity index (χ0) is 11.8. The van der Waals surface area contributed by atoms with Gasteiger partial charge in [-0.15, -0.1) is 0 Å². The molecular weight excluding hydrogens is 196 g/mol. The highest BCUT2D eigenvalue weighted by molar-refractivity contribution is 4.93. The molecule has 1 heterocycles. The number of piperidine rings is 1. The van der Waals surface area contributed by atoms with Crippen LogP contribution in [0.1, 0.15) is 46.5 Å². The van der Waals surface area contributed by atoms with Crippen molar-refractivity contribution in [2.45, 2.75) is 52.5 Å². The van der Waals surface area contributed by atoms with Crippen LogP contribution in [0.2, 0.25) is 0 Å². The van der Waals surface area contributed by atoms with Crippen LogP contribution in [0.5, 0.6) is 0 Å². The fraction of sp³-hybridized carbons (Fsp3) is 0.857. The molecule has 0 aliphatic carbocycles. The summed E-state index contributed by atoms with van der Waals surface area (Å²) < 4.78 is 0. The lowest BCUT2D eigenvalue weighted by Gasteiger charge is -2.24. The first kappa shape index (κ1) is 13.7. The maximum atomic E-state index is 3.67. The van der Waals surface area contributed by atoms with Crippen LogP contribution in [0.3, 0.4) is 0 Å². The minimum atomic E-state index is 0.658. The minimum Gasteiger partial charge on any atom is -0.317 e. The number of hydrogen-bond donors (Lipinski definition) is 2. The van der Waals surface area contributed by atoms with Gasteiger partial charge in [0.2, 0.25) is 0 Å². The van der Waals surface area contributed by atoms with Crippen LogP contribution < -0.4 is 10.6 Å². The van der Waals surface area contributed by atoms with E-state index < -0.39 is 0 Å². The molecule has 16 heavy (non-hydrogen) atoms. The number of hydrogen-bond acceptors (Lipinski definition) is 2. The van der Waals surface area contributed by atoms with Crippen molar-refractivity contribution >= 4 is 0 Å². The predicted octanol–water partition coefficient (Wildman–Crippen LogP) is 2.71. The van der Waals surface area contributed by atoms with E-state index in [1.807, 2.05) is 0 Å². The lowest BCUT2D eigenvalue weighted by atomic mass is 9.97. The van der Waals surface area contributed by atoms with Crippen LogP contribution in [0.4, 0.5) is 0 Å². The van der Waals surface area contributed by atoms with Crippen molar-refractivity contribution in [3.05, 3.63) is 11.6 Å². The van der Waals surface area contributed by atoms with Gasteiger partial charge >= 0.3 is 0 Å². The lowest BCUT2D eigenvalue weighted by molar-refractivity contribution is 0.340. The van der Waals surface area contributed by atoms with Gasteiger partial charge in [0.05, 0.1) is 0 Å². The third kappa shape index (κ3) is 6.29. The van der Waals surface area contributed by atoms with E-state index >= 15 is 0 Å². The molecule has 0 saturated carbocycles. The Morgan fingerprint density at radius 3 is 2.69 bits per heavy atom. The van der Waals surface area contributed by atoms with Gasteiger partial charge < -0.3 is 10.6 Å². The Morgan fingerprint density at radius 2 is 2.06 bits per heavy atom. The summed E-state index contributed by atoms with van der Waals surface area (Å²) in [5.41, 5.74) is 1.44. The molecule has 1 atom stereocenters. The molecule has 0 aromatic rings. The van der Waals surface area contributed by atoms with E-state index in [9.17, 15) is 0 Å². The monoisotopic (exact) mass is 224 g/mol. The molecule has 94 valence electrons. The largest absolute Gasteiger partial charge is 0.317 e. The SMILES string of the molecule is CC(C)=CCCC(C)NCC1CCNCC1. The summed E-state index contributed by atoms with van der Waals surface area (Å²) in [5, 5.41) is 7.08. The van der Waals surface area contributed by atoms with Crippen molar-refractivity contribution in [1.29, 1.82) is 0 Å². The van der Waals surface area contributed by atoms with Gasteiger partial charge in [-0.3, -0.25) is 0 Å². The fourth-order valence-corrected chi connectivity index (χ4v) is 2.18. The first-order valence-corrected chi connectivity index (χ1v) is 6.76. The third-order valence-corrected chi connectivity index (χ3v) is 3.37. The van der Waals surface area contributed by atoms with Crippen LogP contribution in [0.25, 0.3) is 0 Å². The smallest absolute Gasteiger partial charge is 0.00417 e. The van der Waals surface area contributed by atoms with Crippen LogP contribution in [-0.2, 0) is 0 Å². The molecule has 2 heteroatoms. The second-order valence-electron chi connectivity index (χ2n) is 5.36. The topological polar surface area (TPSA) is 24.1 Å². The van der Waals surface area contributed by atoms with Crippen LogP contribution in [-0.4, -0.2) is 25.7 Å². The number of nitrogens with one attached hydrogen (secondary N) is 2. The van der Waals surface area contributed by atoms with Crippen molar-refractivity contribution in [1.82, 2.24) is 10.6 Å². The van der Waals surface area contributed by atoms with E-state index in [0.29, 0.717) is 6.04 Å². The van der Waals surface area contributed by atoms with Crippen LogP contribution in [0, 0.1) is 5.92 Å². The Morgan fingerprint density at radius 1 is 1.38 bits per heavy atom. The zero-order valence-corrected chi connectivity index (χ0v) is 11.2. The van der Waals surface area contributed by atoms with Crippen molar-refractivity contribution in [2.75, 3.05) is 19.6 Å². The molecule has 1 aliphatic heterocycles. The maximum Gasteiger partial charge on any atom is 0.00417 e. The van der Waals surface area contributed by atoms with Gasteiger partial charge in [0, 0.05) is 6.04 Å². The van der Waals surface area contributed by atoms with Crippen molar-refractivity contribution in [2.24, 2.45) is 5.92 Å². The fourth-order valence-electron chi connectivity index (χ4n) is 2.18. The Labute approximate surface area is 101 Å². The molecule has 0 amide bonds. The second kappa shape index (κ2) is 7.86. The molecule has 2 nitrogen and oxygen atoms in total. The first-order chi connectivity index (χ1) is 7.68. The Balaban J connectivity index is 2.04. The highest BCUT2D eigenvalue weighted by Crippen LogP contribution is 2.10. The number of rotatable bonds is 6. The van der Waals surface area contributed by atoms with Crippen molar-refractivity contribution in [3.8, 4) is 0 Å². The second-order valence-corrected chi connectivity index (χ2v) is 5.36. The van der Waals surface area contributed by atoms with Gasteiger partial charge in [0.1, 0.15) is 0 Å². The van der Waals surface area contributed by atoms with Gasteiger partial charge in [0.15, 0.2) is 0 Å². The van der Waals surface area contributed by atoms with Gasteiger partial charge in [0.25, 0.3) is 0 Å². The normalized spacial score (nSPS) is 19.4. The average molecular weight is 224 g/mol. The quantitative estimate of drug-likeness (QED) is 0.678. The summed E-state index contributed by atoms with van der Waals surface area (Å²) in [6, 6.07) is 0.658. The highest BCUT2D eigenvalue weighted by atomic mass is 14.9. The zero-order valence-electron chi connectivity index (χ0n) is 11.2. The number of allylic oxidation sites excluding steroid dienone is 2. The molecule has 0 aromatic carbocycles. The third-order valence-electron chi connectivity index (χ3n) is 3.37. The molecule has 1 aliphatic rings. The van der Waals surface area contributed by atoms with E-state index in [1.54, 1.807) is 0 Å². The predicted molar refractivity (Wildman–Crippen MR) is 71.7 cm³/mol. The molecule has 0 aromatic heterocycles. The minimum absolute atomic E-state index is 0.658. The maximum absolute atomic E-state index is 3.67. The molecule has 1 unspecified atom stereocenters. The van der Waals surface area contributed by atoms with Crippen molar-refractivity contribution < 1.29 is 0 Å². The van der Waals surface area contributed by atoms with Gasteiger partial charge in [-0.2, -0.15) is 0 Å². The molecule has 1 fully saturated rings. The van der Waals surface area contributed by atoms with Crippen LogP contribution in [0.15, 0.2) is 11.6 Å². The average Bonchev–Trinajstić information content (AvgIpc) is 2.27. The first-order valence-electron chi connectivity index (χ1n) is 6.76. The highest BCUT2D eigenvalue weighted by Gasteiger charge is 2.13. The van der Waals surface area contributed by atoms with E-state index in [1.165, 1.54) is 50.9 Å². The van der Waals surface area contributed by atoms with Crippen LogP contribution >= 0.6 is 0 Å². The lowest BCUT2D eigenvalue weighted by Crippen LogP contribution is -2.36. The summed E-state index contributed by atoms with van der Waals surface area (Å²) in [7, 11) is 0. The molecule has 0 spiro atoms.